The van der Waals surface area contributed by atoms with E-state index in [2.05, 4.69) is 10.5 Å². The summed E-state index contributed by atoms with van der Waals surface area (Å²) in [5.74, 6) is -1.67. The SMILES string of the molecule is CC(C)C(C(=O)NCCCS(N)(=O)=O)C(N)=NO. The van der Waals surface area contributed by atoms with Crippen LogP contribution in [-0.4, -0.2) is 37.7 Å². The molecular weight excluding hydrogens is 260 g/mol. The van der Waals surface area contributed by atoms with Crippen molar-refractivity contribution in [3.8, 4) is 0 Å². The van der Waals surface area contributed by atoms with E-state index in [1.54, 1.807) is 13.8 Å². The number of nitrogens with one attached hydrogen (secondary N) is 1. The Labute approximate surface area is 106 Å². The highest BCUT2D eigenvalue weighted by Crippen LogP contribution is 2.11. The second-order valence-corrected chi connectivity index (χ2v) is 5.99. The zero-order valence-electron chi connectivity index (χ0n) is 10.5. The van der Waals surface area contributed by atoms with Crippen LogP contribution < -0.4 is 16.2 Å². The lowest BCUT2D eigenvalue weighted by Crippen LogP contribution is -2.42. The van der Waals surface area contributed by atoms with Crippen LogP contribution >= 0.6 is 0 Å². The number of primary sulfonamides is 1. The van der Waals surface area contributed by atoms with Crippen LogP contribution in [0.2, 0.25) is 0 Å². The summed E-state index contributed by atoms with van der Waals surface area (Å²) in [6.07, 6.45) is 0.214. The Morgan fingerprint density at radius 2 is 2.00 bits per heavy atom. The lowest BCUT2D eigenvalue weighted by atomic mass is 9.94. The van der Waals surface area contributed by atoms with Crippen LogP contribution in [0.1, 0.15) is 20.3 Å². The first-order valence-corrected chi connectivity index (χ1v) is 7.16. The van der Waals surface area contributed by atoms with Crippen molar-refractivity contribution in [2.45, 2.75) is 20.3 Å². The topological polar surface area (TPSA) is 148 Å². The molecular formula is C9H20N4O4S. The number of hydrogen-bond donors (Lipinski definition) is 4. The summed E-state index contributed by atoms with van der Waals surface area (Å²) in [5, 5.41) is 18.7. The summed E-state index contributed by atoms with van der Waals surface area (Å²) in [4.78, 5) is 11.7. The highest BCUT2D eigenvalue weighted by atomic mass is 32.2. The number of hydrogen-bond acceptors (Lipinski definition) is 5. The maximum Gasteiger partial charge on any atom is 0.231 e. The van der Waals surface area contributed by atoms with Gasteiger partial charge in [-0.1, -0.05) is 19.0 Å². The molecule has 0 bridgehead atoms. The fourth-order valence-electron chi connectivity index (χ4n) is 1.44. The fraction of sp³-hybridized carbons (Fsp3) is 0.778. The largest absolute Gasteiger partial charge is 0.409 e. The Balaban J connectivity index is 4.29. The number of nitrogens with two attached hydrogens (primary N) is 2. The van der Waals surface area contributed by atoms with Crippen molar-refractivity contribution in [3.63, 3.8) is 0 Å². The molecule has 1 amide bonds. The monoisotopic (exact) mass is 280 g/mol. The maximum absolute atomic E-state index is 11.7. The maximum atomic E-state index is 11.7. The van der Waals surface area contributed by atoms with Gasteiger partial charge >= 0.3 is 0 Å². The summed E-state index contributed by atoms with van der Waals surface area (Å²) >= 11 is 0. The van der Waals surface area contributed by atoms with Crippen LogP contribution in [0.5, 0.6) is 0 Å². The van der Waals surface area contributed by atoms with Crippen molar-refractivity contribution in [3.05, 3.63) is 0 Å². The zero-order valence-corrected chi connectivity index (χ0v) is 11.3. The van der Waals surface area contributed by atoms with Gasteiger partial charge in [-0.3, -0.25) is 4.79 Å². The Morgan fingerprint density at radius 3 is 2.39 bits per heavy atom. The van der Waals surface area contributed by atoms with E-state index in [-0.39, 0.29) is 30.5 Å². The minimum atomic E-state index is -3.52. The van der Waals surface area contributed by atoms with E-state index in [4.69, 9.17) is 16.1 Å². The predicted molar refractivity (Wildman–Crippen MR) is 67.3 cm³/mol. The molecule has 106 valence electrons. The van der Waals surface area contributed by atoms with E-state index >= 15 is 0 Å². The van der Waals surface area contributed by atoms with Crippen LogP contribution in [0.25, 0.3) is 0 Å². The lowest BCUT2D eigenvalue weighted by Gasteiger charge is -2.18. The summed E-state index contributed by atoms with van der Waals surface area (Å²) < 4.78 is 21.3. The molecule has 6 N–H and O–H groups in total. The summed E-state index contributed by atoms with van der Waals surface area (Å²) in [6.45, 7) is 3.68. The molecule has 0 aliphatic heterocycles. The third-order valence-corrected chi connectivity index (χ3v) is 3.15. The van der Waals surface area contributed by atoms with E-state index in [1.807, 2.05) is 0 Å². The number of carbonyl (C=O) groups is 1. The highest BCUT2D eigenvalue weighted by molar-refractivity contribution is 7.89. The van der Waals surface area contributed by atoms with Crippen LogP contribution in [0.3, 0.4) is 0 Å². The van der Waals surface area contributed by atoms with Crippen molar-refractivity contribution in [1.29, 1.82) is 0 Å². The average Bonchev–Trinajstić information content (AvgIpc) is 2.22. The van der Waals surface area contributed by atoms with Gasteiger partial charge in [0.1, 0.15) is 5.92 Å². The molecule has 1 unspecified atom stereocenters. The number of rotatable bonds is 7. The van der Waals surface area contributed by atoms with Gasteiger partial charge in [-0.05, 0) is 12.3 Å². The molecule has 0 aliphatic carbocycles. The molecule has 0 aromatic rings. The van der Waals surface area contributed by atoms with Gasteiger partial charge in [0.15, 0.2) is 5.84 Å². The van der Waals surface area contributed by atoms with E-state index in [0.29, 0.717) is 0 Å². The Bertz CT molecular complexity index is 405. The van der Waals surface area contributed by atoms with Crippen LogP contribution in [0, 0.1) is 11.8 Å². The van der Waals surface area contributed by atoms with Gasteiger partial charge in [0, 0.05) is 6.54 Å². The van der Waals surface area contributed by atoms with Crippen molar-refractivity contribution in [2.75, 3.05) is 12.3 Å². The van der Waals surface area contributed by atoms with Gasteiger partial charge in [0.25, 0.3) is 0 Å². The summed E-state index contributed by atoms with van der Waals surface area (Å²) in [7, 11) is -3.52. The molecule has 0 fully saturated rings. The Morgan fingerprint density at radius 1 is 1.44 bits per heavy atom. The average molecular weight is 280 g/mol. The van der Waals surface area contributed by atoms with Crippen LogP contribution in [0.15, 0.2) is 5.16 Å². The molecule has 0 radical (unpaired) electrons. The first-order chi connectivity index (χ1) is 8.19. The minimum absolute atomic E-state index is 0.140. The van der Waals surface area contributed by atoms with Gasteiger partial charge in [0.05, 0.1) is 5.75 Å². The molecule has 18 heavy (non-hydrogen) atoms. The van der Waals surface area contributed by atoms with Crippen molar-refractivity contribution >= 4 is 21.8 Å². The zero-order chi connectivity index (χ0) is 14.3. The minimum Gasteiger partial charge on any atom is -0.409 e. The number of amidine groups is 1. The molecule has 0 saturated heterocycles. The molecule has 0 rings (SSSR count). The molecule has 0 aromatic heterocycles. The predicted octanol–water partition coefficient (Wildman–Crippen LogP) is -1.20. The molecule has 1 atom stereocenters. The third-order valence-electron chi connectivity index (χ3n) is 2.29. The fourth-order valence-corrected chi connectivity index (χ4v) is 1.98. The molecule has 0 aliphatic rings. The van der Waals surface area contributed by atoms with E-state index in [0.717, 1.165) is 0 Å². The molecule has 0 heterocycles. The highest BCUT2D eigenvalue weighted by Gasteiger charge is 2.26. The van der Waals surface area contributed by atoms with Gasteiger partial charge in [-0.15, -0.1) is 0 Å². The third kappa shape index (κ3) is 6.40. The molecule has 9 heteroatoms. The summed E-state index contributed by atoms with van der Waals surface area (Å²) in [6, 6.07) is 0. The van der Waals surface area contributed by atoms with E-state index in [1.165, 1.54) is 0 Å². The number of nitrogens with zero attached hydrogens (tertiary/aromatic N) is 1. The normalized spacial score (nSPS) is 14.6. The van der Waals surface area contributed by atoms with Crippen molar-refractivity contribution in [1.82, 2.24) is 5.32 Å². The lowest BCUT2D eigenvalue weighted by molar-refractivity contribution is -0.124. The number of sulfonamides is 1. The molecule has 8 nitrogen and oxygen atoms in total. The van der Waals surface area contributed by atoms with Crippen LogP contribution in [0.4, 0.5) is 0 Å². The Hall–Kier alpha value is -1.35. The molecule has 0 aromatic carbocycles. The van der Waals surface area contributed by atoms with Crippen molar-refractivity contribution < 1.29 is 18.4 Å². The van der Waals surface area contributed by atoms with Gasteiger partial charge < -0.3 is 16.3 Å². The second-order valence-electron chi connectivity index (χ2n) is 4.26. The first kappa shape index (κ1) is 16.6. The van der Waals surface area contributed by atoms with Crippen LogP contribution in [-0.2, 0) is 14.8 Å². The quantitative estimate of drug-likeness (QED) is 0.152. The second kappa shape index (κ2) is 7.17. The number of carbonyl (C=O) groups excluding carboxylic acids is 1. The molecule has 0 spiro atoms. The molecule has 0 saturated carbocycles. The standard InChI is InChI=1S/C9H20N4O4S/c1-6(2)7(8(10)13-15)9(14)12-4-3-5-18(11,16)17/h6-7,15H,3-5H2,1-2H3,(H2,10,13)(H,12,14)(H2,11,16,17). The van der Waals surface area contributed by atoms with Gasteiger partial charge in [-0.2, -0.15) is 0 Å². The van der Waals surface area contributed by atoms with Gasteiger partial charge in [0.2, 0.25) is 15.9 Å². The van der Waals surface area contributed by atoms with Crippen molar-refractivity contribution in [2.24, 2.45) is 27.9 Å². The Kier molecular flexibility index (Phi) is 6.63. The number of oxime groups is 1. The smallest absolute Gasteiger partial charge is 0.231 e. The van der Waals surface area contributed by atoms with Gasteiger partial charge in [-0.25, -0.2) is 13.6 Å². The van der Waals surface area contributed by atoms with E-state index in [9.17, 15) is 13.2 Å². The number of amides is 1. The summed E-state index contributed by atoms with van der Waals surface area (Å²) in [5.41, 5.74) is 5.42. The first-order valence-electron chi connectivity index (χ1n) is 5.44. The van der Waals surface area contributed by atoms with E-state index < -0.39 is 21.8 Å².